The van der Waals surface area contributed by atoms with Crippen LogP contribution in [0.25, 0.3) is 0 Å². The molecule has 10 heteroatoms. The number of fused-ring (bicyclic) bond motifs is 1. The van der Waals surface area contributed by atoms with Gasteiger partial charge in [0.1, 0.15) is 6.61 Å². The van der Waals surface area contributed by atoms with Crippen LogP contribution in [0.3, 0.4) is 0 Å². The van der Waals surface area contributed by atoms with E-state index in [1.165, 1.54) is 0 Å². The number of amides is 2. The lowest BCUT2D eigenvalue weighted by Gasteiger charge is -2.34. The third kappa shape index (κ3) is 6.61. The zero-order chi connectivity index (χ0) is 20.9. The van der Waals surface area contributed by atoms with Gasteiger partial charge in [0.15, 0.2) is 0 Å². The van der Waals surface area contributed by atoms with Gasteiger partial charge in [-0.1, -0.05) is 0 Å². The van der Waals surface area contributed by atoms with Crippen molar-refractivity contribution in [2.45, 2.75) is 23.9 Å². The zero-order valence-electron chi connectivity index (χ0n) is 16.0. The highest BCUT2D eigenvalue weighted by Crippen LogP contribution is 2.31. The number of thioether (sulfide) groups is 1. The van der Waals surface area contributed by atoms with Gasteiger partial charge in [-0.15, -0.1) is 11.8 Å². The first-order valence-corrected chi connectivity index (χ1v) is 10.5. The molecule has 0 spiro atoms. The maximum absolute atomic E-state index is 12.8. The van der Waals surface area contributed by atoms with Crippen LogP contribution in [0.1, 0.15) is 23.2 Å². The van der Waals surface area contributed by atoms with E-state index >= 15 is 0 Å². The molecule has 6 nitrogen and oxygen atoms in total. The van der Waals surface area contributed by atoms with Crippen molar-refractivity contribution in [3.63, 3.8) is 0 Å². The second-order valence-corrected chi connectivity index (χ2v) is 8.15. The number of halogens is 3. The van der Waals surface area contributed by atoms with Gasteiger partial charge in [-0.05, 0) is 24.6 Å². The minimum absolute atomic E-state index is 0.0475. The molecule has 0 atom stereocenters. The van der Waals surface area contributed by atoms with Gasteiger partial charge in [0, 0.05) is 62.0 Å². The van der Waals surface area contributed by atoms with Crippen molar-refractivity contribution in [2.24, 2.45) is 0 Å². The minimum Gasteiger partial charge on any atom is -0.372 e. The molecule has 2 heterocycles. The van der Waals surface area contributed by atoms with Crippen molar-refractivity contribution < 1.29 is 27.5 Å². The average molecular weight is 431 g/mol. The van der Waals surface area contributed by atoms with Crippen LogP contribution in [0.2, 0.25) is 0 Å². The third-order valence-corrected chi connectivity index (χ3v) is 5.85. The summed E-state index contributed by atoms with van der Waals surface area (Å²) in [4.78, 5) is 29.4. The predicted molar refractivity (Wildman–Crippen MR) is 104 cm³/mol. The van der Waals surface area contributed by atoms with E-state index in [0.29, 0.717) is 56.8 Å². The number of alkyl halides is 3. The number of nitrogens with zero attached hydrogens (tertiary/aromatic N) is 2. The average Bonchev–Trinajstić information content (AvgIpc) is 2.86. The fraction of sp³-hybridized carbons (Fsp3) is 0.579. The molecule has 160 valence electrons. The summed E-state index contributed by atoms with van der Waals surface area (Å²) in [5.74, 6) is 0.591. The van der Waals surface area contributed by atoms with E-state index in [9.17, 15) is 22.8 Å². The Morgan fingerprint density at radius 2 is 1.97 bits per heavy atom. The normalized spacial score (nSPS) is 18.2. The Hall–Kier alpha value is -1.78. The second-order valence-electron chi connectivity index (χ2n) is 7.01. The van der Waals surface area contributed by atoms with E-state index < -0.39 is 12.8 Å². The summed E-state index contributed by atoms with van der Waals surface area (Å²) in [5, 5.41) is 2.85. The number of nitrogens with one attached hydrogen (secondary N) is 1. The summed E-state index contributed by atoms with van der Waals surface area (Å²) in [5.41, 5.74) is 1.22. The fourth-order valence-electron chi connectivity index (χ4n) is 3.29. The van der Waals surface area contributed by atoms with Crippen molar-refractivity contribution in [2.75, 3.05) is 57.0 Å². The van der Waals surface area contributed by atoms with Crippen LogP contribution >= 0.6 is 11.8 Å². The predicted octanol–water partition coefficient (Wildman–Crippen LogP) is 2.85. The summed E-state index contributed by atoms with van der Waals surface area (Å²) in [6.07, 6.45) is -3.32. The molecule has 1 aromatic rings. The molecule has 2 amide bonds. The Morgan fingerprint density at radius 3 is 2.69 bits per heavy atom. The number of carbonyl (C=O) groups is 2. The van der Waals surface area contributed by atoms with Crippen molar-refractivity contribution in [3.8, 4) is 0 Å². The van der Waals surface area contributed by atoms with Gasteiger partial charge in [-0.25, -0.2) is 0 Å². The topological polar surface area (TPSA) is 61.9 Å². The zero-order valence-corrected chi connectivity index (χ0v) is 16.8. The molecule has 1 N–H and O–H groups in total. The number of anilines is 1. The van der Waals surface area contributed by atoms with E-state index in [0.717, 1.165) is 10.6 Å². The van der Waals surface area contributed by atoms with E-state index in [-0.39, 0.29) is 18.4 Å². The van der Waals surface area contributed by atoms with Gasteiger partial charge in [-0.2, -0.15) is 13.2 Å². The molecule has 0 radical (unpaired) electrons. The molecule has 0 bridgehead atoms. The maximum Gasteiger partial charge on any atom is 0.411 e. The van der Waals surface area contributed by atoms with Gasteiger partial charge >= 0.3 is 6.18 Å². The SMILES string of the molecule is O=C1CCSc2ccc(C(=O)N3CCN(CCCOCC(F)(F)F)CC3)cc2N1. The Labute approximate surface area is 171 Å². The molecule has 2 aliphatic heterocycles. The first-order valence-electron chi connectivity index (χ1n) is 9.55. The van der Waals surface area contributed by atoms with Crippen LogP contribution in [-0.2, 0) is 9.53 Å². The first kappa shape index (κ1) is 21.9. The number of piperazine rings is 1. The monoisotopic (exact) mass is 431 g/mol. The number of carbonyl (C=O) groups excluding carboxylic acids is 2. The maximum atomic E-state index is 12.8. The van der Waals surface area contributed by atoms with E-state index in [4.69, 9.17) is 0 Å². The molecule has 1 saturated heterocycles. The third-order valence-electron chi connectivity index (χ3n) is 4.78. The van der Waals surface area contributed by atoms with Gasteiger partial charge in [0.05, 0.1) is 5.69 Å². The summed E-state index contributed by atoms with van der Waals surface area (Å²) >= 11 is 1.59. The number of rotatable bonds is 6. The Balaban J connectivity index is 1.45. The summed E-state index contributed by atoms with van der Waals surface area (Å²) in [6, 6.07) is 5.39. The van der Waals surface area contributed by atoms with Crippen LogP contribution in [0, 0.1) is 0 Å². The van der Waals surface area contributed by atoms with Crippen LogP contribution in [0.4, 0.5) is 18.9 Å². The lowest BCUT2D eigenvalue weighted by molar-refractivity contribution is -0.174. The Morgan fingerprint density at radius 1 is 1.21 bits per heavy atom. The number of hydrogen-bond donors (Lipinski definition) is 1. The number of benzene rings is 1. The molecule has 2 aliphatic rings. The highest BCUT2D eigenvalue weighted by molar-refractivity contribution is 7.99. The van der Waals surface area contributed by atoms with E-state index in [1.54, 1.807) is 28.8 Å². The first-order chi connectivity index (χ1) is 13.8. The molecule has 0 aliphatic carbocycles. The molecule has 1 fully saturated rings. The van der Waals surface area contributed by atoms with E-state index in [1.807, 2.05) is 6.07 Å². The van der Waals surface area contributed by atoms with Crippen LogP contribution in [-0.4, -0.2) is 79.5 Å². The highest BCUT2D eigenvalue weighted by Gasteiger charge is 2.27. The Bertz CT molecular complexity index is 737. The minimum atomic E-state index is -4.29. The Kier molecular flexibility index (Phi) is 7.42. The molecule has 29 heavy (non-hydrogen) atoms. The van der Waals surface area contributed by atoms with Crippen LogP contribution in [0.5, 0.6) is 0 Å². The largest absolute Gasteiger partial charge is 0.411 e. The lowest BCUT2D eigenvalue weighted by Crippen LogP contribution is -2.49. The number of hydrogen-bond acceptors (Lipinski definition) is 5. The van der Waals surface area contributed by atoms with Gasteiger partial charge in [0.2, 0.25) is 5.91 Å². The van der Waals surface area contributed by atoms with Crippen molar-refractivity contribution in [1.29, 1.82) is 0 Å². The van der Waals surface area contributed by atoms with Gasteiger partial charge in [0.25, 0.3) is 5.91 Å². The van der Waals surface area contributed by atoms with Crippen molar-refractivity contribution in [3.05, 3.63) is 23.8 Å². The van der Waals surface area contributed by atoms with Crippen molar-refractivity contribution >= 4 is 29.3 Å². The summed E-state index contributed by atoms with van der Waals surface area (Å²) in [6.45, 7) is 1.94. The highest BCUT2D eigenvalue weighted by atomic mass is 32.2. The molecule has 0 aromatic heterocycles. The molecule has 1 aromatic carbocycles. The van der Waals surface area contributed by atoms with Crippen molar-refractivity contribution in [1.82, 2.24) is 9.80 Å². The fourth-order valence-corrected chi connectivity index (χ4v) is 4.23. The molecule has 0 unspecified atom stereocenters. The molecular weight excluding hydrogens is 407 g/mol. The van der Waals surface area contributed by atoms with Gasteiger partial charge in [-0.3, -0.25) is 14.5 Å². The standard InChI is InChI=1S/C19H24F3N3O3S/c20-19(21,22)13-28-10-1-5-24-6-8-25(9-7-24)18(27)14-2-3-16-15(12-14)23-17(26)4-11-29-16/h2-3,12H,1,4-11,13H2,(H,23,26). The van der Waals surface area contributed by atoms with Crippen LogP contribution in [0.15, 0.2) is 23.1 Å². The molecule has 0 saturated carbocycles. The molecular formula is C19H24F3N3O3S. The van der Waals surface area contributed by atoms with Crippen LogP contribution < -0.4 is 5.32 Å². The van der Waals surface area contributed by atoms with Gasteiger partial charge < -0.3 is 15.0 Å². The lowest BCUT2D eigenvalue weighted by atomic mass is 10.1. The molecule has 3 rings (SSSR count). The summed E-state index contributed by atoms with van der Waals surface area (Å²) < 4.78 is 40.7. The smallest absolute Gasteiger partial charge is 0.372 e. The quantitative estimate of drug-likeness (QED) is 0.702. The summed E-state index contributed by atoms with van der Waals surface area (Å²) in [7, 11) is 0. The second kappa shape index (κ2) is 9.82. The number of ether oxygens (including phenoxy) is 1. The van der Waals surface area contributed by atoms with E-state index in [2.05, 4.69) is 15.0 Å².